The molecule has 1 aliphatic carbocycles. The Balaban J connectivity index is 1.22. The molecule has 0 spiro atoms. The number of carbonyl (C=O) groups is 1. The number of benzene rings is 1. The molecule has 1 atom stereocenters. The summed E-state index contributed by atoms with van der Waals surface area (Å²) in [6.07, 6.45) is 11.0. The summed E-state index contributed by atoms with van der Waals surface area (Å²) < 4.78 is 13.0. The van der Waals surface area contributed by atoms with Crippen molar-refractivity contribution in [2.45, 2.75) is 44.1 Å². The molecule has 0 unspecified atom stereocenters. The second-order valence-electron chi connectivity index (χ2n) is 8.46. The number of aromatic nitrogens is 4. The van der Waals surface area contributed by atoms with Gasteiger partial charge in [-0.05, 0) is 61.8 Å². The normalized spacial score (nSPS) is 19.0. The van der Waals surface area contributed by atoms with Crippen molar-refractivity contribution in [3.8, 4) is 0 Å². The van der Waals surface area contributed by atoms with Crippen LogP contribution in [0.25, 0.3) is 0 Å². The van der Waals surface area contributed by atoms with Crippen LogP contribution in [0.1, 0.15) is 42.9 Å². The average Bonchev–Trinajstić information content (AvgIpc) is 2.85. The lowest BCUT2D eigenvalue weighted by molar-refractivity contribution is -0.122. The van der Waals surface area contributed by atoms with E-state index in [9.17, 15) is 9.18 Å². The molecule has 1 saturated carbocycles. The average molecular weight is 450 g/mol. The molecule has 172 valence electrons. The van der Waals surface area contributed by atoms with E-state index in [4.69, 9.17) is 5.73 Å². The number of hydrogen-bond acceptors (Lipinski definition) is 7. The maximum Gasteiger partial charge on any atom is 0.237 e. The smallest absolute Gasteiger partial charge is 0.237 e. The Hall–Kier alpha value is -3.46. The van der Waals surface area contributed by atoms with Gasteiger partial charge in [-0.25, -0.2) is 24.3 Å². The van der Waals surface area contributed by atoms with E-state index in [2.05, 4.69) is 30.6 Å². The van der Waals surface area contributed by atoms with Gasteiger partial charge in [0.1, 0.15) is 12.1 Å². The third-order valence-corrected chi connectivity index (χ3v) is 6.03. The summed E-state index contributed by atoms with van der Waals surface area (Å²) in [6.45, 7) is 0.618. The van der Waals surface area contributed by atoms with Crippen LogP contribution in [0.3, 0.4) is 0 Å². The Morgan fingerprint density at radius 2 is 1.82 bits per heavy atom. The number of nitrogens with one attached hydrogen (secondary N) is 2. The van der Waals surface area contributed by atoms with Gasteiger partial charge in [-0.2, -0.15) is 0 Å². The maximum absolute atomic E-state index is 13.0. The van der Waals surface area contributed by atoms with Gasteiger partial charge in [0, 0.05) is 24.4 Å². The van der Waals surface area contributed by atoms with Crippen LogP contribution >= 0.6 is 0 Å². The lowest BCUT2D eigenvalue weighted by Crippen LogP contribution is -2.44. The molecule has 33 heavy (non-hydrogen) atoms. The van der Waals surface area contributed by atoms with Crippen molar-refractivity contribution in [3.05, 3.63) is 72.3 Å². The fraction of sp³-hybridized carbons (Fsp3) is 0.375. The van der Waals surface area contributed by atoms with Gasteiger partial charge in [0.15, 0.2) is 0 Å². The van der Waals surface area contributed by atoms with Crippen molar-refractivity contribution in [1.82, 2.24) is 25.3 Å². The van der Waals surface area contributed by atoms with Gasteiger partial charge in [0.05, 0.1) is 24.1 Å². The van der Waals surface area contributed by atoms with Crippen molar-refractivity contribution < 1.29 is 9.18 Å². The zero-order valence-corrected chi connectivity index (χ0v) is 18.3. The highest BCUT2D eigenvalue weighted by Crippen LogP contribution is 2.35. The summed E-state index contributed by atoms with van der Waals surface area (Å²) in [5.41, 5.74) is 8.65. The minimum Gasteiger partial charge on any atom is -0.354 e. The monoisotopic (exact) mass is 449 g/mol. The summed E-state index contributed by atoms with van der Waals surface area (Å²) in [7, 11) is 0. The molecule has 2 aromatic heterocycles. The van der Waals surface area contributed by atoms with E-state index >= 15 is 0 Å². The number of rotatable bonds is 8. The zero-order valence-electron chi connectivity index (χ0n) is 18.3. The third kappa shape index (κ3) is 6.52. The van der Waals surface area contributed by atoms with E-state index in [0.29, 0.717) is 30.7 Å². The third-order valence-electron chi connectivity index (χ3n) is 6.03. The molecule has 9 heteroatoms. The second kappa shape index (κ2) is 10.9. The minimum atomic E-state index is -0.645. The molecular formula is C24H28FN7O. The standard InChI is InChI=1S/C24H28FN7O/c25-19-7-3-16(4-8-19)11-21(26)23(33)30-12-17-1-5-18(6-2-17)22-9-10-29-24(32-22)31-20-13-27-15-28-14-20/h3-4,7-10,13-15,17-18,21H,1-2,5-6,11-12,26H2,(H,30,33)(H,29,31,32)/t17?,18?,21-/m1/s1. The maximum atomic E-state index is 13.0. The van der Waals surface area contributed by atoms with Crippen LogP contribution in [0, 0.1) is 11.7 Å². The zero-order chi connectivity index (χ0) is 23.0. The Kier molecular flexibility index (Phi) is 7.51. The first-order valence-corrected chi connectivity index (χ1v) is 11.2. The topological polar surface area (TPSA) is 119 Å². The quantitative estimate of drug-likeness (QED) is 0.483. The number of halogens is 1. The molecule has 3 aromatic rings. The van der Waals surface area contributed by atoms with Gasteiger partial charge in [-0.3, -0.25) is 4.79 Å². The molecule has 4 rings (SSSR count). The molecule has 0 radical (unpaired) electrons. The fourth-order valence-electron chi connectivity index (χ4n) is 4.16. The van der Waals surface area contributed by atoms with E-state index in [-0.39, 0.29) is 11.7 Å². The van der Waals surface area contributed by atoms with Gasteiger partial charge in [0.25, 0.3) is 0 Å². The molecule has 2 heterocycles. The van der Waals surface area contributed by atoms with Crippen molar-refractivity contribution >= 4 is 17.5 Å². The number of anilines is 2. The molecule has 4 N–H and O–H groups in total. The van der Waals surface area contributed by atoms with E-state index < -0.39 is 6.04 Å². The number of nitrogens with zero attached hydrogens (tertiary/aromatic N) is 4. The number of carbonyl (C=O) groups excluding carboxylic acids is 1. The highest BCUT2D eigenvalue weighted by molar-refractivity contribution is 5.81. The van der Waals surface area contributed by atoms with Gasteiger partial charge < -0.3 is 16.4 Å². The van der Waals surface area contributed by atoms with Crippen LogP contribution in [-0.4, -0.2) is 38.4 Å². The van der Waals surface area contributed by atoms with Crippen molar-refractivity contribution in [2.75, 3.05) is 11.9 Å². The first-order chi connectivity index (χ1) is 16.1. The molecule has 0 aliphatic heterocycles. The molecule has 1 fully saturated rings. The Bertz CT molecular complexity index is 1040. The number of hydrogen-bond donors (Lipinski definition) is 3. The van der Waals surface area contributed by atoms with E-state index in [0.717, 1.165) is 42.6 Å². The lowest BCUT2D eigenvalue weighted by atomic mass is 9.80. The van der Waals surface area contributed by atoms with Crippen LogP contribution in [-0.2, 0) is 11.2 Å². The largest absolute Gasteiger partial charge is 0.354 e. The highest BCUT2D eigenvalue weighted by Gasteiger charge is 2.24. The Morgan fingerprint density at radius 1 is 1.09 bits per heavy atom. The number of nitrogens with two attached hydrogens (primary N) is 1. The van der Waals surface area contributed by atoms with Crippen LogP contribution in [0.5, 0.6) is 0 Å². The Labute approximate surface area is 192 Å². The van der Waals surface area contributed by atoms with Crippen molar-refractivity contribution in [1.29, 1.82) is 0 Å². The predicted molar refractivity (Wildman–Crippen MR) is 123 cm³/mol. The minimum absolute atomic E-state index is 0.169. The predicted octanol–water partition coefficient (Wildman–Crippen LogP) is 3.11. The lowest BCUT2D eigenvalue weighted by Gasteiger charge is -2.28. The van der Waals surface area contributed by atoms with Crippen LogP contribution in [0.2, 0.25) is 0 Å². The van der Waals surface area contributed by atoms with Gasteiger partial charge in [0.2, 0.25) is 11.9 Å². The summed E-state index contributed by atoms with van der Waals surface area (Å²) in [6, 6.07) is 7.40. The number of amides is 1. The van der Waals surface area contributed by atoms with E-state index in [1.807, 2.05) is 6.07 Å². The van der Waals surface area contributed by atoms with Gasteiger partial charge in [-0.1, -0.05) is 12.1 Å². The summed E-state index contributed by atoms with van der Waals surface area (Å²) in [5.74, 6) is 0.856. The summed E-state index contributed by atoms with van der Waals surface area (Å²) in [5, 5.41) is 6.12. The van der Waals surface area contributed by atoms with E-state index in [1.165, 1.54) is 18.5 Å². The van der Waals surface area contributed by atoms with Gasteiger partial charge >= 0.3 is 0 Å². The first-order valence-electron chi connectivity index (χ1n) is 11.2. The highest BCUT2D eigenvalue weighted by atomic mass is 19.1. The second-order valence-corrected chi connectivity index (χ2v) is 8.46. The fourth-order valence-corrected chi connectivity index (χ4v) is 4.16. The summed E-state index contributed by atoms with van der Waals surface area (Å²) >= 11 is 0. The molecule has 1 aromatic carbocycles. The first kappa shape index (κ1) is 22.7. The van der Waals surface area contributed by atoms with Crippen LogP contribution < -0.4 is 16.4 Å². The van der Waals surface area contributed by atoms with Crippen molar-refractivity contribution in [3.63, 3.8) is 0 Å². The molecule has 1 aliphatic rings. The molecular weight excluding hydrogens is 421 g/mol. The van der Waals surface area contributed by atoms with E-state index in [1.54, 1.807) is 30.7 Å². The molecule has 8 nitrogen and oxygen atoms in total. The van der Waals surface area contributed by atoms with Crippen LogP contribution in [0.15, 0.2) is 55.2 Å². The molecule has 1 amide bonds. The SMILES string of the molecule is N[C@H](Cc1ccc(F)cc1)C(=O)NCC1CCC(c2ccnc(Nc3cncnc3)n2)CC1. The van der Waals surface area contributed by atoms with Crippen molar-refractivity contribution in [2.24, 2.45) is 11.7 Å². The molecule has 0 saturated heterocycles. The molecule has 0 bridgehead atoms. The Morgan fingerprint density at radius 3 is 2.55 bits per heavy atom. The van der Waals surface area contributed by atoms with Crippen LogP contribution in [0.4, 0.5) is 16.0 Å². The summed E-state index contributed by atoms with van der Waals surface area (Å²) in [4.78, 5) is 29.3. The van der Waals surface area contributed by atoms with Gasteiger partial charge in [-0.15, -0.1) is 0 Å².